The van der Waals surface area contributed by atoms with Crippen molar-refractivity contribution in [3.05, 3.63) is 59.8 Å². The van der Waals surface area contributed by atoms with Gasteiger partial charge in [0.1, 0.15) is 5.75 Å². The van der Waals surface area contributed by atoms with Crippen LogP contribution in [0, 0.1) is 13.8 Å². The number of aromatic nitrogens is 3. The fraction of sp³-hybridized carbons (Fsp3) is 0.250. The predicted octanol–water partition coefficient (Wildman–Crippen LogP) is 4.40. The molecule has 0 bridgehead atoms. The SMILES string of the molecule is CCN(c1cccc(C)c1)c1nncc(Nc2cc(C)ccc2OC)n1. The van der Waals surface area contributed by atoms with Crippen molar-refractivity contribution in [1.29, 1.82) is 0 Å². The number of nitrogens with one attached hydrogen (secondary N) is 1. The van der Waals surface area contributed by atoms with Crippen molar-refractivity contribution in [2.75, 3.05) is 23.9 Å². The Morgan fingerprint density at radius 3 is 2.62 bits per heavy atom. The van der Waals surface area contributed by atoms with Gasteiger partial charge < -0.3 is 15.0 Å². The number of rotatable bonds is 6. The topological polar surface area (TPSA) is 63.2 Å². The summed E-state index contributed by atoms with van der Waals surface area (Å²) in [5.41, 5.74) is 4.20. The summed E-state index contributed by atoms with van der Waals surface area (Å²) in [7, 11) is 1.65. The van der Waals surface area contributed by atoms with Crippen molar-refractivity contribution in [3.8, 4) is 5.75 Å². The number of ether oxygens (including phenoxy) is 1. The summed E-state index contributed by atoms with van der Waals surface area (Å²) in [6, 6.07) is 14.2. The Morgan fingerprint density at radius 2 is 1.88 bits per heavy atom. The van der Waals surface area contributed by atoms with Crippen molar-refractivity contribution in [2.45, 2.75) is 20.8 Å². The first-order valence-corrected chi connectivity index (χ1v) is 8.56. The molecule has 0 radical (unpaired) electrons. The van der Waals surface area contributed by atoms with Gasteiger partial charge in [-0.05, 0) is 56.2 Å². The van der Waals surface area contributed by atoms with Gasteiger partial charge in [-0.3, -0.25) is 0 Å². The lowest BCUT2D eigenvalue weighted by Gasteiger charge is -2.21. The fourth-order valence-corrected chi connectivity index (χ4v) is 2.76. The second-order valence-corrected chi connectivity index (χ2v) is 6.05. The lowest BCUT2D eigenvalue weighted by Crippen LogP contribution is -2.19. The molecule has 1 heterocycles. The van der Waals surface area contributed by atoms with Gasteiger partial charge in [-0.1, -0.05) is 18.2 Å². The van der Waals surface area contributed by atoms with Gasteiger partial charge >= 0.3 is 0 Å². The summed E-state index contributed by atoms with van der Waals surface area (Å²) in [5, 5.41) is 11.6. The Kier molecular flexibility index (Phi) is 5.31. The van der Waals surface area contributed by atoms with E-state index in [4.69, 9.17) is 4.74 Å². The van der Waals surface area contributed by atoms with Gasteiger partial charge in [0.2, 0.25) is 0 Å². The van der Waals surface area contributed by atoms with Crippen LogP contribution in [0.4, 0.5) is 23.1 Å². The summed E-state index contributed by atoms with van der Waals surface area (Å²) >= 11 is 0. The van der Waals surface area contributed by atoms with Crippen LogP contribution in [-0.2, 0) is 0 Å². The van der Waals surface area contributed by atoms with E-state index < -0.39 is 0 Å². The second-order valence-electron chi connectivity index (χ2n) is 6.05. The molecule has 3 aromatic rings. The van der Waals surface area contributed by atoms with Crippen LogP contribution < -0.4 is 15.0 Å². The van der Waals surface area contributed by atoms with Crippen LogP contribution in [0.25, 0.3) is 0 Å². The average Bonchev–Trinajstić information content (AvgIpc) is 2.63. The Hall–Kier alpha value is -3.15. The normalized spacial score (nSPS) is 10.5. The van der Waals surface area contributed by atoms with Gasteiger partial charge in [-0.2, -0.15) is 10.1 Å². The molecule has 134 valence electrons. The number of methoxy groups -OCH3 is 1. The molecule has 0 spiro atoms. The van der Waals surface area contributed by atoms with Gasteiger partial charge in [0, 0.05) is 12.2 Å². The molecule has 0 atom stereocenters. The number of hydrogen-bond acceptors (Lipinski definition) is 6. The van der Waals surface area contributed by atoms with Crippen LogP contribution in [-0.4, -0.2) is 28.8 Å². The lowest BCUT2D eigenvalue weighted by atomic mass is 10.2. The van der Waals surface area contributed by atoms with Crippen LogP contribution >= 0.6 is 0 Å². The zero-order valence-electron chi connectivity index (χ0n) is 15.5. The minimum absolute atomic E-state index is 0.551. The zero-order chi connectivity index (χ0) is 18.5. The quantitative estimate of drug-likeness (QED) is 0.712. The van der Waals surface area contributed by atoms with Crippen molar-refractivity contribution < 1.29 is 4.74 Å². The van der Waals surface area contributed by atoms with E-state index in [-0.39, 0.29) is 0 Å². The molecule has 0 unspecified atom stereocenters. The first kappa shape index (κ1) is 17.7. The molecular formula is C20H23N5O. The van der Waals surface area contributed by atoms with Crippen molar-refractivity contribution in [1.82, 2.24) is 15.2 Å². The highest BCUT2D eigenvalue weighted by molar-refractivity contribution is 5.66. The molecule has 6 nitrogen and oxygen atoms in total. The molecule has 1 aromatic heterocycles. The number of hydrogen-bond donors (Lipinski definition) is 1. The van der Waals surface area contributed by atoms with E-state index in [0.29, 0.717) is 11.8 Å². The van der Waals surface area contributed by atoms with Gasteiger partial charge in [0.25, 0.3) is 5.95 Å². The molecule has 1 N–H and O–H groups in total. The van der Waals surface area contributed by atoms with Crippen LogP contribution in [0.5, 0.6) is 5.75 Å². The predicted molar refractivity (Wildman–Crippen MR) is 105 cm³/mol. The van der Waals surface area contributed by atoms with E-state index in [1.54, 1.807) is 13.3 Å². The van der Waals surface area contributed by atoms with E-state index in [1.165, 1.54) is 5.56 Å². The molecule has 2 aromatic carbocycles. The van der Waals surface area contributed by atoms with Gasteiger partial charge in [-0.15, -0.1) is 5.10 Å². The third-order valence-electron chi connectivity index (χ3n) is 4.04. The molecule has 0 saturated carbocycles. The third-order valence-corrected chi connectivity index (χ3v) is 4.04. The zero-order valence-corrected chi connectivity index (χ0v) is 15.5. The Morgan fingerprint density at radius 1 is 1.08 bits per heavy atom. The summed E-state index contributed by atoms with van der Waals surface area (Å²) in [4.78, 5) is 6.66. The largest absolute Gasteiger partial charge is 0.495 e. The molecule has 0 amide bonds. The van der Waals surface area contributed by atoms with Crippen LogP contribution in [0.3, 0.4) is 0 Å². The first-order valence-electron chi connectivity index (χ1n) is 8.56. The van der Waals surface area contributed by atoms with Crippen LogP contribution in [0.2, 0.25) is 0 Å². The molecule has 3 rings (SSSR count). The standard InChI is InChI=1S/C20H23N5O/c1-5-25(16-8-6-7-14(2)11-16)20-23-19(13-21-24-20)22-17-12-15(3)9-10-18(17)26-4/h6-13H,5H2,1-4H3,(H,22,23,24). The monoisotopic (exact) mass is 349 g/mol. The van der Waals surface area contributed by atoms with E-state index in [2.05, 4.69) is 46.5 Å². The summed E-state index contributed by atoms with van der Waals surface area (Å²) in [5.74, 6) is 1.92. The smallest absolute Gasteiger partial charge is 0.251 e. The molecule has 0 saturated heterocycles. The minimum Gasteiger partial charge on any atom is -0.495 e. The number of benzene rings is 2. The molecule has 26 heavy (non-hydrogen) atoms. The number of aryl methyl sites for hydroxylation is 2. The van der Waals surface area contributed by atoms with E-state index in [0.717, 1.165) is 29.2 Å². The fourth-order valence-electron chi connectivity index (χ4n) is 2.76. The van der Waals surface area contributed by atoms with Gasteiger partial charge in [0.15, 0.2) is 5.82 Å². The highest BCUT2D eigenvalue weighted by atomic mass is 16.5. The van der Waals surface area contributed by atoms with E-state index in [9.17, 15) is 0 Å². The molecular weight excluding hydrogens is 326 g/mol. The Labute approximate surface area is 153 Å². The number of anilines is 4. The van der Waals surface area contributed by atoms with Gasteiger partial charge in [0.05, 0.1) is 19.0 Å². The molecule has 0 aliphatic carbocycles. The third kappa shape index (κ3) is 3.91. The maximum atomic E-state index is 5.42. The Balaban J connectivity index is 1.92. The summed E-state index contributed by atoms with van der Waals surface area (Å²) < 4.78 is 5.42. The van der Waals surface area contributed by atoms with Crippen molar-refractivity contribution in [2.24, 2.45) is 0 Å². The molecule has 0 aliphatic heterocycles. The highest BCUT2D eigenvalue weighted by Gasteiger charge is 2.13. The maximum absolute atomic E-state index is 5.42. The molecule has 0 fully saturated rings. The first-order chi connectivity index (χ1) is 12.6. The Bertz CT molecular complexity index is 897. The highest BCUT2D eigenvalue weighted by Crippen LogP contribution is 2.29. The van der Waals surface area contributed by atoms with E-state index in [1.807, 2.05) is 42.2 Å². The second kappa shape index (κ2) is 7.82. The maximum Gasteiger partial charge on any atom is 0.251 e. The van der Waals surface area contributed by atoms with Crippen LogP contribution in [0.1, 0.15) is 18.1 Å². The lowest BCUT2D eigenvalue weighted by molar-refractivity contribution is 0.416. The van der Waals surface area contributed by atoms with Crippen molar-refractivity contribution in [3.63, 3.8) is 0 Å². The summed E-state index contributed by atoms with van der Waals surface area (Å²) in [6.07, 6.45) is 1.61. The van der Waals surface area contributed by atoms with Crippen LogP contribution in [0.15, 0.2) is 48.7 Å². The van der Waals surface area contributed by atoms with E-state index >= 15 is 0 Å². The average molecular weight is 349 g/mol. The van der Waals surface area contributed by atoms with Crippen molar-refractivity contribution >= 4 is 23.1 Å². The molecule has 6 heteroatoms. The molecule has 0 aliphatic rings. The number of nitrogens with zero attached hydrogens (tertiary/aromatic N) is 4. The van der Waals surface area contributed by atoms with Gasteiger partial charge in [-0.25, -0.2) is 0 Å². The summed E-state index contributed by atoms with van der Waals surface area (Å²) in [6.45, 7) is 6.90. The minimum atomic E-state index is 0.551.